The predicted octanol–water partition coefficient (Wildman–Crippen LogP) is 4.11. The number of carbonyl (C=O) groups is 1. The van der Waals surface area contributed by atoms with Crippen molar-refractivity contribution in [1.29, 1.82) is 0 Å². The SMILES string of the molecule is CCOc1ccc([C@@H](C)NC(=O)c2ccccc2F)cc1OCC. The molecular formula is C19H22FNO3. The Balaban J connectivity index is 2.17. The highest BCUT2D eigenvalue weighted by molar-refractivity contribution is 5.94. The summed E-state index contributed by atoms with van der Waals surface area (Å²) in [5.74, 6) is 0.302. The van der Waals surface area contributed by atoms with E-state index >= 15 is 0 Å². The first-order chi connectivity index (χ1) is 11.6. The van der Waals surface area contributed by atoms with Crippen LogP contribution < -0.4 is 14.8 Å². The van der Waals surface area contributed by atoms with Crippen molar-refractivity contribution in [2.24, 2.45) is 0 Å². The molecule has 0 aliphatic rings. The summed E-state index contributed by atoms with van der Waals surface area (Å²) in [4.78, 5) is 12.2. The van der Waals surface area contributed by atoms with E-state index in [9.17, 15) is 9.18 Å². The van der Waals surface area contributed by atoms with Gasteiger partial charge in [-0.2, -0.15) is 0 Å². The van der Waals surface area contributed by atoms with E-state index in [-0.39, 0.29) is 11.6 Å². The molecule has 2 aromatic rings. The summed E-state index contributed by atoms with van der Waals surface area (Å²) in [5, 5.41) is 2.80. The van der Waals surface area contributed by atoms with Gasteiger partial charge in [0, 0.05) is 0 Å². The monoisotopic (exact) mass is 331 g/mol. The molecule has 2 aromatic carbocycles. The van der Waals surface area contributed by atoms with Crippen molar-refractivity contribution in [3.63, 3.8) is 0 Å². The summed E-state index contributed by atoms with van der Waals surface area (Å²) in [5.41, 5.74) is 0.881. The lowest BCUT2D eigenvalue weighted by molar-refractivity contribution is 0.0935. The highest BCUT2D eigenvalue weighted by Gasteiger charge is 2.16. The second kappa shape index (κ2) is 8.34. The van der Waals surface area contributed by atoms with Crippen molar-refractivity contribution in [2.45, 2.75) is 26.8 Å². The van der Waals surface area contributed by atoms with Gasteiger partial charge >= 0.3 is 0 Å². The van der Waals surface area contributed by atoms with Crippen LogP contribution in [0.3, 0.4) is 0 Å². The molecule has 128 valence electrons. The summed E-state index contributed by atoms with van der Waals surface area (Å²) in [6.07, 6.45) is 0. The van der Waals surface area contributed by atoms with E-state index in [1.54, 1.807) is 12.1 Å². The zero-order valence-corrected chi connectivity index (χ0v) is 14.1. The summed E-state index contributed by atoms with van der Waals surface area (Å²) >= 11 is 0. The van der Waals surface area contributed by atoms with Crippen LogP contribution in [0.2, 0.25) is 0 Å². The first-order valence-electron chi connectivity index (χ1n) is 8.01. The van der Waals surface area contributed by atoms with Crippen LogP contribution in [0.25, 0.3) is 0 Å². The minimum Gasteiger partial charge on any atom is -0.490 e. The topological polar surface area (TPSA) is 47.6 Å². The van der Waals surface area contributed by atoms with Gasteiger partial charge in [0.15, 0.2) is 11.5 Å². The van der Waals surface area contributed by atoms with Gasteiger partial charge in [0.05, 0.1) is 24.8 Å². The maximum absolute atomic E-state index is 13.7. The number of rotatable bonds is 7. The van der Waals surface area contributed by atoms with Gasteiger partial charge in [0.25, 0.3) is 5.91 Å². The summed E-state index contributed by atoms with van der Waals surface area (Å²) < 4.78 is 24.8. The van der Waals surface area contributed by atoms with Crippen LogP contribution >= 0.6 is 0 Å². The third kappa shape index (κ3) is 4.25. The molecule has 0 aliphatic heterocycles. The van der Waals surface area contributed by atoms with E-state index in [0.29, 0.717) is 24.7 Å². The number of amides is 1. The van der Waals surface area contributed by atoms with Gasteiger partial charge in [0.2, 0.25) is 0 Å². The van der Waals surface area contributed by atoms with Crippen LogP contribution in [-0.4, -0.2) is 19.1 Å². The molecule has 0 saturated heterocycles. The van der Waals surface area contributed by atoms with Crippen molar-refractivity contribution >= 4 is 5.91 Å². The minimum absolute atomic E-state index is 0.0281. The number of carbonyl (C=O) groups excluding carboxylic acids is 1. The minimum atomic E-state index is -0.538. The standard InChI is InChI=1S/C19H22FNO3/c1-4-23-17-11-10-14(12-18(17)24-5-2)13(3)21-19(22)15-8-6-7-9-16(15)20/h6-13H,4-5H2,1-3H3,(H,21,22)/t13-/m1/s1. The average Bonchev–Trinajstić information content (AvgIpc) is 2.57. The highest BCUT2D eigenvalue weighted by atomic mass is 19.1. The fourth-order valence-electron chi connectivity index (χ4n) is 2.34. The average molecular weight is 331 g/mol. The zero-order chi connectivity index (χ0) is 17.5. The fraction of sp³-hybridized carbons (Fsp3) is 0.316. The maximum Gasteiger partial charge on any atom is 0.254 e. The Kier molecular flexibility index (Phi) is 6.18. The second-order valence-electron chi connectivity index (χ2n) is 5.25. The first-order valence-corrected chi connectivity index (χ1v) is 8.01. The van der Waals surface area contributed by atoms with Gasteiger partial charge in [-0.25, -0.2) is 4.39 Å². The molecule has 1 N–H and O–H groups in total. The molecule has 2 rings (SSSR count). The number of ether oxygens (including phenoxy) is 2. The molecule has 5 heteroatoms. The Morgan fingerprint density at radius 1 is 1.08 bits per heavy atom. The molecule has 0 fully saturated rings. The smallest absolute Gasteiger partial charge is 0.254 e. The van der Waals surface area contributed by atoms with Gasteiger partial charge in [-0.1, -0.05) is 18.2 Å². The molecule has 0 bridgehead atoms. The van der Waals surface area contributed by atoms with E-state index in [4.69, 9.17) is 9.47 Å². The van der Waals surface area contributed by atoms with E-state index < -0.39 is 11.7 Å². The number of benzene rings is 2. The van der Waals surface area contributed by atoms with Crippen molar-refractivity contribution in [3.8, 4) is 11.5 Å². The van der Waals surface area contributed by atoms with Crippen LogP contribution in [0, 0.1) is 5.82 Å². The highest BCUT2D eigenvalue weighted by Crippen LogP contribution is 2.30. The molecule has 1 atom stereocenters. The third-order valence-corrected chi connectivity index (χ3v) is 3.53. The van der Waals surface area contributed by atoms with Crippen molar-refractivity contribution in [3.05, 3.63) is 59.4 Å². The van der Waals surface area contributed by atoms with Crippen molar-refractivity contribution in [2.75, 3.05) is 13.2 Å². The molecule has 1 amide bonds. The van der Waals surface area contributed by atoms with Crippen molar-refractivity contribution < 1.29 is 18.7 Å². The molecule has 4 nitrogen and oxygen atoms in total. The Morgan fingerprint density at radius 3 is 2.42 bits per heavy atom. The third-order valence-electron chi connectivity index (χ3n) is 3.53. The van der Waals surface area contributed by atoms with Gasteiger partial charge in [0.1, 0.15) is 5.82 Å². The summed E-state index contributed by atoms with van der Waals surface area (Å²) in [6, 6.07) is 11.1. The van der Waals surface area contributed by atoms with Gasteiger partial charge in [-0.3, -0.25) is 4.79 Å². The van der Waals surface area contributed by atoms with Crippen LogP contribution in [-0.2, 0) is 0 Å². The zero-order valence-electron chi connectivity index (χ0n) is 14.1. The van der Waals surface area contributed by atoms with Crippen LogP contribution in [0.15, 0.2) is 42.5 Å². The Morgan fingerprint density at radius 2 is 1.75 bits per heavy atom. The van der Waals surface area contributed by atoms with E-state index in [0.717, 1.165) is 5.56 Å². The molecule has 0 spiro atoms. The van der Waals surface area contributed by atoms with Gasteiger partial charge in [-0.05, 0) is 50.6 Å². The largest absolute Gasteiger partial charge is 0.490 e. The molecule has 0 heterocycles. The van der Waals surface area contributed by atoms with Crippen LogP contribution in [0.5, 0.6) is 11.5 Å². The summed E-state index contributed by atoms with van der Waals surface area (Å²) in [7, 11) is 0. The lowest BCUT2D eigenvalue weighted by atomic mass is 10.1. The maximum atomic E-state index is 13.7. The van der Waals surface area contributed by atoms with Crippen molar-refractivity contribution in [1.82, 2.24) is 5.32 Å². The Hall–Kier alpha value is -2.56. The van der Waals surface area contributed by atoms with Crippen LogP contribution in [0.1, 0.15) is 42.7 Å². The normalized spacial score (nSPS) is 11.7. The van der Waals surface area contributed by atoms with Gasteiger partial charge < -0.3 is 14.8 Å². The predicted molar refractivity (Wildman–Crippen MR) is 91.1 cm³/mol. The molecule has 0 aromatic heterocycles. The quantitative estimate of drug-likeness (QED) is 0.830. The Bertz CT molecular complexity index is 703. The van der Waals surface area contributed by atoms with Crippen LogP contribution in [0.4, 0.5) is 4.39 Å². The van der Waals surface area contributed by atoms with E-state index in [1.807, 2.05) is 39.0 Å². The number of hydrogen-bond donors (Lipinski definition) is 1. The van der Waals surface area contributed by atoms with E-state index in [1.165, 1.54) is 12.1 Å². The molecule has 0 aliphatic carbocycles. The Labute approximate surface area is 141 Å². The second-order valence-corrected chi connectivity index (χ2v) is 5.25. The number of hydrogen-bond acceptors (Lipinski definition) is 3. The fourth-order valence-corrected chi connectivity index (χ4v) is 2.34. The van der Waals surface area contributed by atoms with Gasteiger partial charge in [-0.15, -0.1) is 0 Å². The first kappa shape index (κ1) is 17.8. The lowest BCUT2D eigenvalue weighted by Crippen LogP contribution is -2.27. The van der Waals surface area contributed by atoms with E-state index in [2.05, 4.69) is 5.32 Å². The molecular weight excluding hydrogens is 309 g/mol. The number of halogens is 1. The molecule has 0 unspecified atom stereocenters. The number of nitrogens with one attached hydrogen (secondary N) is 1. The molecule has 0 saturated carbocycles. The molecule has 0 radical (unpaired) electrons. The lowest BCUT2D eigenvalue weighted by Gasteiger charge is -2.17. The molecule has 24 heavy (non-hydrogen) atoms. The summed E-state index contributed by atoms with van der Waals surface area (Å²) in [6.45, 7) is 6.69.